The van der Waals surface area contributed by atoms with Crippen LogP contribution < -0.4 is 10.1 Å². The number of nitrogens with zero attached hydrogens (tertiary/aromatic N) is 4. The largest absolute Gasteiger partial charge is 0.487 e. The lowest BCUT2D eigenvalue weighted by molar-refractivity contribution is 0.0115. The molecule has 3 heterocycles. The maximum Gasteiger partial charge on any atom is 0.141 e. The molecule has 3 aromatic carbocycles. The molecule has 1 saturated heterocycles. The number of benzene rings is 3. The van der Waals surface area contributed by atoms with Gasteiger partial charge < -0.3 is 24.5 Å². The van der Waals surface area contributed by atoms with Crippen LogP contribution in [-0.2, 0) is 17.9 Å². The fourth-order valence-corrected chi connectivity index (χ4v) is 5.30. The van der Waals surface area contributed by atoms with Crippen molar-refractivity contribution >= 4 is 34.0 Å². The van der Waals surface area contributed by atoms with E-state index in [1.54, 1.807) is 24.3 Å². The lowest BCUT2D eigenvalue weighted by atomic mass is 10.1. The number of β-amino-alcohol motifs (C(OH)–C–C–N with tert-alkyl or cyclic N) is 1. The summed E-state index contributed by atoms with van der Waals surface area (Å²) >= 11 is 6.51. The van der Waals surface area contributed by atoms with Crippen LogP contribution in [0.1, 0.15) is 5.56 Å². The fraction of sp³-hybridized carbons (Fsp3) is 0.250. The first-order valence-corrected chi connectivity index (χ1v) is 14.2. The number of anilines is 2. The molecule has 8 nitrogen and oxygen atoms in total. The van der Waals surface area contributed by atoms with E-state index in [1.807, 2.05) is 41.2 Å². The minimum absolute atomic E-state index is 0.206. The normalized spacial score (nSPS) is 14.6. The lowest BCUT2D eigenvalue weighted by Crippen LogP contribution is -2.41. The second-order valence-corrected chi connectivity index (χ2v) is 10.7. The molecule has 1 fully saturated rings. The van der Waals surface area contributed by atoms with Gasteiger partial charge in [-0.15, -0.1) is 0 Å². The van der Waals surface area contributed by atoms with Crippen molar-refractivity contribution in [2.45, 2.75) is 19.3 Å². The van der Waals surface area contributed by atoms with Gasteiger partial charge in [0.15, 0.2) is 0 Å². The SMILES string of the molecule is OC(CN1CCOCC1)Cn1ccc(-c2ccc3ncnc(Nc4ccc(OCc5cccc(F)c5)c(Cl)c4)c3c2)c1. The van der Waals surface area contributed by atoms with Gasteiger partial charge in [-0.3, -0.25) is 4.90 Å². The quantitative estimate of drug-likeness (QED) is 0.210. The summed E-state index contributed by atoms with van der Waals surface area (Å²) in [5.74, 6) is 0.838. The number of fused-ring (bicyclic) bond motifs is 1. The molecule has 0 spiro atoms. The number of aromatic nitrogens is 3. The molecule has 0 saturated carbocycles. The second kappa shape index (κ2) is 12.9. The highest BCUT2D eigenvalue weighted by Crippen LogP contribution is 2.32. The van der Waals surface area contributed by atoms with Crippen LogP contribution in [-0.4, -0.2) is 63.5 Å². The van der Waals surface area contributed by atoms with Gasteiger partial charge in [-0.25, -0.2) is 14.4 Å². The van der Waals surface area contributed by atoms with E-state index < -0.39 is 6.10 Å². The number of morpholine rings is 1. The molecule has 0 amide bonds. The molecular weight excluding hydrogens is 557 g/mol. The molecule has 1 unspecified atom stereocenters. The summed E-state index contributed by atoms with van der Waals surface area (Å²) in [7, 11) is 0. The van der Waals surface area contributed by atoms with Crippen molar-refractivity contribution in [1.29, 1.82) is 0 Å². The Labute approximate surface area is 248 Å². The van der Waals surface area contributed by atoms with Crippen LogP contribution in [0.15, 0.2) is 85.5 Å². The number of rotatable bonds is 10. The zero-order valence-corrected chi connectivity index (χ0v) is 23.7. The lowest BCUT2D eigenvalue weighted by Gasteiger charge is -2.28. The summed E-state index contributed by atoms with van der Waals surface area (Å²) in [5, 5.41) is 15.3. The Morgan fingerprint density at radius 1 is 1.00 bits per heavy atom. The van der Waals surface area contributed by atoms with Crippen molar-refractivity contribution in [3.63, 3.8) is 0 Å². The van der Waals surface area contributed by atoms with Crippen molar-refractivity contribution in [2.75, 3.05) is 38.2 Å². The number of hydrogen-bond donors (Lipinski definition) is 2. The minimum atomic E-state index is -0.464. The van der Waals surface area contributed by atoms with Crippen LogP contribution in [0.25, 0.3) is 22.0 Å². The molecule has 0 bridgehead atoms. The molecular formula is C32H31ClFN5O3. The van der Waals surface area contributed by atoms with E-state index in [0.717, 1.165) is 46.4 Å². The molecule has 1 atom stereocenters. The molecule has 216 valence electrons. The minimum Gasteiger partial charge on any atom is -0.487 e. The predicted molar refractivity (Wildman–Crippen MR) is 162 cm³/mol. The smallest absolute Gasteiger partial charge is 0.141 e. The summed E-state index contributed by atoms with van der Waals surface area (Å²) in [6, 6.07) is 19.8. The molecule has 0 aliphatic carbocycles. The number of aliphatic hydroxyl groups excluding tert-OH is 1. The van der Waals surface area contributed by atoms with Gasteiger partial charge in [-0.1, -0.05) is 29.8 Å². The Kier molecular flexibility index (Phi) is 8.62. The molecule has 0 radical (unpaired) electrons. The number of ether oxygens (including phenoxy) is 2. The van der Waals surface area contributed by atoms with E-state index in [1.165, 1.54) is 18.5 Å². The molecule has 42 heavy (non-hydrogen) atoms. The van der Waals surface area contributed by atoms with Crippen molar-refractivity contribution in [1.82, 2.24) is 19.4 Å². The number of hydrogen-bond acceptors (Lipinski definition) is 7. The van der Waals surface area contributed by atoms with E-state index >= 15 is 0 Å². The molecule has 5 aromatic rings. The highest BCUT2D eigenvalue weighted by molar-refractivity contribution is 6.32. The van der Waals surface area contributed by atoms with Gasteiger partial charge in [0.2, 0.25) is 0 Å². The van der Waals surface area contributed by atoms with Crippen molar-refractivity contribution in [3.05, 3.63) is 102 Å². The topological polar surface area (TPSA) is 84.7 Å². The molecule has 2 N–H and O–H groups in total. The van der Waals surface area contributed by atoms with Crippen LogP contribution in [0.3, 0.4) is 0 Å². The van der Waals surface area contributed by atoms with Gasteiger partial charge >= 0.3 is 0 Å². The van der Waals surface area contributed by atoms with Gasteiger partial charge in [-0.2, -0.15) is 0 Å². The third-order valence-electron chi connectivity index (χ3n) is 7.19. The number of aliphatic hydroxyl groups is 1. The standard InChI is InChI=1S/C32H31ClFN5O3/c33-29-16-26(5-7-31(29)42-20-22-2-1-3-25(34)14-22)37-32-28-15-23(4-6-30(28)35-21-36-32)24-8-9-39(17-24)19-27(40)18-38-10-12-41-13-11-38/h1-9,14-17,21,27,40H,10-13,18-20H2,(H,35,36,37). The van der Waals surface area contributed by atoms with Crippen LogP contribution in [0.5, 0.6) is 5.75 Å². The molecule has 10 heteroatoms. The van der Waals surface area contributed by atoms with E-state index in [4.69, 9.17) is 21.1 Å². The maximum atomic E-state index is 13.5. The van der Waals surface area contributed by atoms with Crippen LogP contribution in [0, 0.1) is 5.82 Å². The Morgan fingerprint density at radius 3 is 2.71 bits per heavy atom. The summed E-state index contributed by atoms with van der Waals surface area (Å²) in [6.07, 6.45) is 5.09. The highest BCUT2D eigenvalue weighted by atomic mass is 35.5. The first-order valence-electron chi connectivity index (χ1n) is 13.8. The highest BCUT2D eigenvalue weighted by Gasteiger charge is 2.16. The van der Waals surface area contributed by atoms with E-state index in [2.05, 4.69) is 26.3 Å². The predicted octanol–water partition coefficient (Wildman–Crippen LogP) is 5.91. The summed E-state index contributed by atoms with van der Waals surface area (Å²) in [6.45, 7) is 4.49. The van der Waals surface area contributed by atoms with Gasteiger partial charge in [0, 0.05) is 49.6 Å². The Balaban J connectivity index is 1.15. The average Bonchev–Trinajstić information content (AvgIpc) is 3.45. The van der Waals surface area contributed by atoms with Crippen LogP contribution in [0.4, 0.5) is 15.9 Å². The average molecular weight is 588 g/mol. The van der Waals surface area contributed by atoms with Crippen molar-refractivity contribution in [3.8, 4) is 16.9 Å². The Bertz CT molecular complexity index is 1670. The van der Waals surface area contributed by atoms with E-state index in [0.29, 0.717) is 42.9 Å². The summed E-state index contributed by atoms with van der Waals surface area (Å²) < 4.78 is 26.7. The molecule has 6 rings (SSSR count). The number of nitrogens with one attached hydrogen (secondary N) is 1. The molecule has 2 aromatic heterocycles. The van der Waals surface area contributed by atoms with Crippen molar-refractivity contribution in [2.24, 2.45) is 0 Å². The summed E-state index contributed by atoms with van der Waals surface area (Å²) in [5.41, 5.74) is 4.31. The second-order valence-electron chi connectivity index (χ2n) is 10.3. The maximum absolute atomic E-state index is 13.5. The number of halogens is 2. The van der Waals surface area contributed by atoms with E-state index in [9.17, 15) is 9.50 Å². The zero-order chi connectivity index (χ0) is 28.9. The first-order chi connectivity index (χ1) is 20.5. The Hall–Kier alpha value is -4.02. The van der Waals surface area contributed by atoms with Gasteiger partial charge in [0.1, 0.15) is 30.3 Å². The Morgan fingerprint density at radius 2 is 1.88 bits per heavy atom. The van der Waals surface area contributed by atoms with E-state index in [-0.39, 0.29) is 12.4 Å². The monoisotopic (exact) mass is 587 g/mol. The molecule has 1 aliphatic heterocycles. The van der Waals surface area contributed by atoms with Crippen molar-refractivity contribution < 1.29 is 19.0 Å². The van der Waals surface area contributed by atoms with Gasteiger partial charge in [0.25, 0.3) is 0 Å². The molecule has 1 aliphatic rings. The van der Waals surface area contributed by atoms with Crippen LogP contribution in [0.2, 0.25) is 5.02 Å². The third-order valence-corrected chi connectivity index (χ3v) is 7.49. The third kappa shape index (κ3) is 6.88. The fourth-order valence-electron chi connectivity index (χ4n) is 5.06. The first kappa shape index (κ1) is 28.1. The van der Waals surface area contributed by atoms with Gasteiger partial charge in [0.05, 0.1) is 29.9 Å². The summed E-state index contributed by atoms with van der Waals surface area (Å²) in [4.78, 5) is 11.2. The zero-order valence-electron chi connectivity index (χ0n) is 22.9. The van der Waals surface area contributed by atoms with Gasteiger partial charge in [-0.05, 0) is 65.2 Å². The van der Waals surface area contributed by atoms with Crippen LogP contribution >= 0.6 is 11.6 Å².